The van der Waals surface area contributed by atoms with Gasteiger partial charge in [-0.05, 0) is 31.2 Å². The Morgan fingerprint density at radius 3 is 2.74 bits per heavy atom. The van der Waals surface area contributed by atoms with E-state index in [1.54, 1.807) is 6.92 Å². The maximum Gasteiger partial charge on any atom is 0.357 e. The summed E-state index contributed by atoms with van der Waals surface area (Å²) in [5, 5.41) is 0. The molecule has 0 aliphatic heterocycles. The van der Waals surface area contributed by atoms with Gasteiger partial charge in [-0.3, -0.25) is 0 Å². The number of esters is 1. The van der Waals surface area contributed by atoms with E-state index in [-0.39, 0.29) is 23.7 Å². The van der Waals surface area contributed by atoms with E-state index in [1.165, 1.54) is 18.3 Å². The molecule has 6 heteroatoms. The van der Waals surface area contributed by atoms with Gasteiger partial charge < -0.3 is 4.74 Å². The Hall–Kier alpha value is -2.37. The van der Waals surface area contributed by atoms with Crippen LogP contribution >= 0.6 is 0 Å². The van der Waals surface area contributed by atoms with Crippen molar-refractivity contribution in [1.29, 1.82) is 0 Å². The molecular formula is C13H10F2N2O2. The summed E-state index contributed by atoms with van der Waals surface area (Å²) in [6.07, 6.45) is 1.36. The molecule has 1 heterocycles. The molecule has 0 atom stereocenters. The van der Waals surface area contributed by atoms with Crippen LogP contribution in [-0.2, 0) is 4.74 Å². The highest BCUT2D eigenvalue weighted by molar-refractivity contribution is 5.87. The zero-order chi connectivity index (χ0) is 13.8. The van der Waals surface area contributed by atoms with Gasteiger partial charge in [-0.15, -0.1) is 0 Å². The third-order valence-electron chi connectivity index (χ3n) is 2.32. The summed E-state index contributed by atoms with van der Waals surface area (Å²) < 4.78 is 30.8. The van der Waals surface area contributed by atoms with Gasteiger partial charge in [-0.25, -0.2) is 23.5 Å². The molecule has 0 aliphatic carbocycles. The van der Waals surface area contributed by atoms with E-state index in [0.29, 0.717) is 0 Å². The van der Waals surface area contributed by atoms with Crippen molar-refractivity contribution < 1.29 is 18.3 Å². The fourth-order valence-corrected chi connectivity index (χ4v) is 1.45. The zero-order valence-corrected chi connectivity index (χ0v) is 10.1. The van der Waals surface area contributed by atoms with Crippen LogP contribution in [0.4, 0.5) is 8.78 Å². The van der Waals surface area contributed by atoms with Crippen LogP contribution in [0.5, 0.6) is 0 Å². The average Bonchev–Trinajstić information content (AvgIpc) is 2.42. The quantitative estimate of drug-likeness (QED) is 0.799. The van der Waals surface area contributed by atoms with Crippen LogP contribution in [0, 0.1) is 11.6 Å². The first-order valence-electron chi connectivity index (χ1n) is 5.57. The van der Waals surface area contributed by atoms with Gasteiger partial charge in [0, 0.05) is 11.8 Å². The summed E-state index contributed by atoms with van der Waals surface area (Å²) in [7, 11) is 0. The van der Waals surface area contributed by atoms with Crippen molar-refractivity contribution in [3.63, 3.8) is 0 Å². The normalized spacial score (nSPS) is 10.3. The van der Waals surface area contributed by atoms with Crippen LogP contribution in [0.25, 0.3) is 11.4 Å². The van der Waals surface area contributed by atoms with Crippen molar-refractivity contribution in [3.8, 4) is 11.4 Å². The van der Waals surface area contributed by atoms with Crippen LogP contribution in [0.1, 0.15) is 17.4 Å². The number of ether oxygens (including phenoxy) is 1. The smallest absolute Gasteiger partial charge is 0.357 e. The molecule has 0 bridgehead atoms. The number of benzene rings is 1. The summed E-state index contributed by atoms with van der Waals surface area (Å²) in [5.41, 5.74) is 0.349. The Kier molecular flexibility index (Phi) is 3.79. The zero-order valence-electron chi connectivity index (χ0n) is 10.1. The number of carbonyl (C=O) groups is 1. The molecule has 0 spiro atoms. The Morgan fingerprint density at radius 1 is 1.26 bits per heavy atom. The molecule has 4 nitrogen and oxygen atoms in total. The third-order valence-corrected chi connectivity index (χ3v) is 2.32. The predicted octanol–water partition coefficient (Wildman–Crippen LogP) is 2.60. The fraction of sp³-hybridized carbons (Fsp3) is 0.154. The van der Waals surface area contributed by atoms with Crippen LogP contribution < -0.4 is 0 Å². The van der Waals surface area contributed by atoms with Crippen LogP contribution in [0.15, 0.2) is 30.5 Å². The SMILES string of the molecule is CCOC(=O)c1ccnc(-c2ccc(F)c(F)c2)n1. The molecule has 0 radical (unpaired) electrons. The molecule has 1 aromatic carbocycles. The van der Waals surface area contributed by atoms with Crippen molar-refractivity contribution in [2.24, 2.45) is 0 Å². The minimum atomic E-state index is -0.998. The van der Waals surface area contributed by atoms with Gasteiger partial charge >= 0.3 is 5.97 Å². The lowest BCUT2D eigenvalue weighted by atomic mass is 10.2. The van der Waals surface area contributed by atoms with Gasteiger partial charge in [0.2, 0.25) is 0 Å². The lowest BCUT2D eigenvalue weighted by Crippen LogP contribution is -2.08. The maximum absolute atomic E-state index is 13.1. The molecule has 0 fully saturated rings. The topological polar surface area (TPSA) is 52.1 Å². The van der Waals surface area contributed by atoms with Gasteiger partial charge in [0.05, 0.1) is 6.61 Å². The fourth-order valence-electron chi connectivity index (χ4n) is 1.45. The van der Waals surface area contributed by atoms with E-state index in [9.17, 15) is 13.6 Å². The molecule has 2 rings (SSSR count). The Balaban J connectivity index is 2.37. The van der Waals surface area contributed by atoms with Gasteiger partial charge in [0.15, 0.2) is 23.2 Å². The molecule has 19 heavy (non-hydrogen) atoms. The lowest BCUT2D eigenvalue weighted by molar-refractivity contribution is 0.0519. The molecule has 0 N–H and O–H groups in total. The summed E-state index contributed by atoms with van der Waals surface area (Å²) in [5.74, 6) is -2.41. The highest BCUT2D eigenvalue weighted by Crippen LogP contribution is 2.18. The monoisotopic (exact) mass is 264 g/mol. The second kappa shape index (κ2) is 5.51. The van der Waals surface area contributed by atoms with E-state index in [4.69, 9.17) is 4.74 Å². The Morgan fingerprint density at radius 2 is 2.05 bits per heavy atom. The van der Waals surface area contributed by atoms with E-state index in [0.717, 1.165) is 12.1 Å². The number of rotatable bonds is 3. The number of hydrogen-bond acceptors (Lipinski definition) is 4. The van der Waals surface area contributed by atoms with Gasteiger partial charge in [-0.1, -0.05) is 0 Å². The first-order valence-corrected chi connectivity index (χ1v) is 5.57. The van der Waals surface area contributed by atoms with Crippen LogP contribution in [-0.4, -0.2) is 22.5 Å². The van der Waals surface area contributed by atoms with E-state index < -0.39 is 17.6 Å². The molecule has 0 saturated heterocycles. The lowest BCUT2D eigenvalue weighted by Gasteiger charge is -2.04. The van der Waals surface area contributed by atoms with Gasteiger partial charge in [0.1, 0.15) is 0 Å². The summed E-state index contributed by atoms with van der Waals surface area (Å²) in [6, 6.07) is 4.68. The third kappa shape index (κ3) is 2.90. The molecule has 98 valence electrons. The molecule has 2 aromatic rings. The van der Waals surface area contributed by atoms with Crippen LogP contribution in [0.2, 0.25) is 0 Å². The second-order valence-corrected chi connectivity index (χ2v) is 3.61. The van der Waals surface area contributed by atoms with E-state index in [2.05, 4.69) is 9.97 Å². The Bertz CT molecular complexity index is 617. The minimum Gasteiger partial charge on any atom is -0.461 e. The molecule has 0 aliphatic rings. The highest BCUT2D eigenvalue weighted by atomic mass is 19.2. The van der Waals surface area contributed by atoms with Crippen LogP contribution in [0.3, 0.4) is 0 Å². The first kappa shape index (κ1) is 13.1. The number of aromatic nitrogens is 2. The number of nitrogens with zero attached hydrogens (tertiary/aromatic N) is 2. The van der Waals surface area contributed by atoms with Crippen molar-refractivity contribution in [2.45, 2.75) is 6.92 Å². The van der Waals surface area contributed by atoms with E-state index >= 15 is 0 Å². The highest BCUT2D eigenvalue weighted by Gasteiger charge is 2.12. The number of carbonyl (C=O) groups excluding carboxylic acids is 1. The molecule has 0 amide bonds. The van der Waals surface area contributed by atoms with Gasteiger partial charge in [0.25, 0.3) is 0 Å². The van der Waals surface area contributed by atoms with E-state index in [1.807, 2.05) is 0 Å². The minimum absolute atomic E-state index is 0.0663. The summed E-state index contributed by atoms with van der Waals surface area (Å²) >= 11 is 0. The molecule has 0 unspecified atom stereocenters. The average molecular weight is 264 g/mol. The standard InChI is InChI=1S/C13H10F2N2O2/c1-2-19-13(18)11-5-6-16-12(17-11)8-3-4-9(14)10(15)7-8/h3-7H,2H2,1H3. The Labute approximate surface area is 108 Å². The molecule has 1 aromatic heterocycles. The largest absolute Gasteiger partial charge is 0.461 e. The number of halogens is 2. The van der Waals surface area contributed by atoms with Crippen molar-refractivity contribution in [1.82, 2.24) is 9.97 Å². The molecule has 0 saturated carbocycles. The summed E-state index contributed by atoms with van der Waals surface area (Å²) in [6.45, 7) is 1.90. The number of hydrogen-bond donors (Lipinski definition) is 0. The van der Waals surface area contributed by atoms with Crippen molar-refractivity contribution in [3.05, 3.63) is 47.8 Å². The van der Waals surface area contributed by atoms with Crippen molar-refractivity contribution in [2.75, 3.05) is 6.61 Å². The van der Waals surface area contributed by atoms with Gasteiger partial charge in [-0.2, -0.15) is 0 Å². The second-order valence-electron chi connectivity index (χ2n) is 3.61. The molecular weight excluding hydrogens is 254 g/mol. The van der Waals surface area contributed by atoms with Crippen molar-refractivity contribution >= 4 is 5.97 Å². The summed E-state index contributed by atoms with van der Waals surface area (Å²) in [4.78, 5) is 19.4. The predicted molar refractivity (Wildman–Crippen MR) is 63.3 cm³/mol. The maximum atomic E-state index is 13.1. The first-order chi connectivity index (χ1) is 9.11.